The van der Waals surface area contributed by atoms with E-state index in [1.807, 2.05) is 0 Å². The SMILES string of the molecule is c1ccc(C[N+]2(C[C@H]3COC4(CCCCCCCCCCC4)O3)CCCCC2)cc1. The van der Waals surface area contributed by atoms with Crippen LogP contribution in [0.3, 0.4) is 0 Å². The summed E-state index contributed by atoms with van der Waals surface area (Å²) in [4.78, 5) is 0. The van der Waals surface area contributed by atoms with Crippen molar-refractivity contribution in [3.8, 4) is 0 Å². The summed E-state index contributed by atoms with van der Waals surface area (Å²) in [6.45, 7) is 5.66. The summed E-state index contributed by atoms with van der Waals surface area (Å²) in [6.07, 6.45) is 18.8. The highest BCUT2D eigenvalue weighted by Gasteiger charge is 2.44. The zero-order valence-corrected chi connectivity index (χ0v) is 19.2. The van der Waals surface area contributed by atoms with E-state index in [0.29, 0.717) is 0 Å². The lowest BCUT2D eigenvalue weighted by molar-refractivity contribution is -0.947. The maximum absolute atomic E-state index is 6.82. The second-order valence-electron chi connectivity index (χ2n) is 10.3. The fraction of sp³-hybridized carbons (Fsp3) is 0.778. The van der Waals surface area contributed by atoms with E-state index in [1.165, 1.54) is 100 Å². The Morgan fingerprint density at radius 3 is 1.93 bits per heavy atom. The number of hydrogen-bond donors (Lipinski definition) is 0. The van der Waals surface area contributed by atoms with Gasteiger partial charge in [0.15, 0.2) is 5.79 Å². The first-order chi connectivity index (χ1) is 14.8. The maximum Gasteiger partial charge on any atom is 0.169 e. The second kappa shape index (κ2) is 11.1. The second-order valence-corrected chi connectivity index (χ2v) is 10.3. The summed E-state index contributed by atoms with van der Waals surface area (Å²) in [6, 6.07) is 11.1. The lowest BCUT2D eigenvalue weighted by atomic mass is 9.97. The Balaban J connectivity index is 1.39. The number of ether oxygens (including phenoxy) is 2. The van der Waals surface area contributed by atoms with Gasteiger partial charge in [0.1, 0.15) is 19.2 Å². The quantitative estimate of drug-likeness (QED) is 0.517. The summed E-state index contributed by atoms with van der Waals surface area (Å²) < 4.78 is 14.5. The van der Waals surface area contributed by atoms with E-state index in [2.05, 4.69) is 30.3 Å². The van der Waals surface area contributed by atoms with Crippen LogP contribution in [0.25, 0.3) is 0 Å². The van der Waals surface area contributed by atoms with E-state index >= 15 is 0 Å². The molecular formula is C27H44NO2+. The molecule has 2 heterocycles. The highest BCUT2D eigenvalue weighted by atomic mass is 16.7. The van der Waals surface area contributed by atoms with Crippen LogP contribution in [0.2, 0.25) is 0 Å². The van der Waals surface area contributed by atoms with Crippen molar-refractivity contribution >= 4 is 0 Å². The summed E-state index contributed by atoms with van der Waals surface area (Å²) in [5, 5.41) is 0. The molecule has 1 saturated carbocycles. The molecule has 1 aliphatic carbocycles. The number of rotatable bonds is 4. The summed E-state index contributed by atoms with van der Waals surface area (Å²) in [5.41, 5.74) is 1.47. The molecule has 0 N–H and O–H groups in total. The molecule has 0 aromatic heterocycles. The number of piperidine rings is 1. The van der Waals surface area contributed by atoms with Crippen LogP contribution in [0, 0.1) is 0 Å². The first kappa shape index (κ1) is 22.3. The fourth-order valence-electron chi connectivity index (χ4n) is 6.11. The Hall–Kier alpha value is -0.900. The van der Waals surface area contributed by atoms with Crippen molar-refractivity contribution in [2.45, 2.75) is 108 Å². The maximum atomic E-state index is 6.82. The van der Waals surface area contributed by atoms with Crippen LogP contribution in [0.15, 0.2) is 30.3 Å². The van der Waals surface area contributed by atoms with Gasteiger partial charge in [0.05, 0.1) is 19.7 Å². The minimum absolute atomic E-state index is 0.264. The summed E-state index contributed by atoms with van der Waals surface area (Å²) in [5.74, 6) is -0.281. The number of benzene rings is 1. The summed E-state index contributed by atoms with van der Waals surface area (Å²) in [7, 11) is 0. The number of likely N-dealkylation sites (tertiary alicyclic amines) is 1. The van der Waals surface area contributed by atoms with Gasteiger partial charge in [0.25, 0.3) is 0 Å². The van der Waals surface area contributed by atoms with Crippen LogP contribution in [0.4, 0.5) is 0 Å². The Labute approximate surface area is 184 Å². The molecule has 1 aromatic carbocycles. The van der Waals surface area contributed by atoms with Crippen molar-refractivity contribution < 1.29 is 14.0 Å². The zero-order valence-electron chi connectivity index (χ0n) is 19.2. The van der Waals surface area contributed by atoms with E-state index in [-0.39, 0.29) is 11.9 Å². The molecule has 3 fully saturated rings. The minimum Gasteiger partial charge on any atom is -0.347 e. The van der Waals surface area contributed by atoms with Gasteiger partial charge in [-0.15, -0.1) is 0 Å². The van der Waals surface area contributed by atoms with Gasteiger partial charge in [-0.25, -0.2) is 0 Å². The number of nitrogens with zero attached hydrogens (tertiary/aromatic N) is 1. The molecule has 2 aliphatic heterocycles. The van der Waals surface area contributed by atoms with Crippen molar-refractivity contribution in [1.29, 1.82) is 0 Å². The van der Waals surface area contributed by atoms with E-state index in [9.17, 15) is 0 Å². The average Bonchev–Trinajstić information content (AvgIpc) is 3.14. The highest BCUT2D eigenvalue weighted by Crippen LogP contribution is 2.37. The van der Waals surface area contributed by atoms with Gasteiger partial charge in [-0.3, -0.25) is 0 Å². The molecule has 2 saturated heterocycles. The smallest absolute Gasteiger partial charge is 0.169 e. The van der Waals surface area contributed by atoms with E-state index in [4.69, 9.17) is 9.47 Å². The van der Waals surface area contributed by atoms with E-state index in [1.54, 1.807) is 0 Å². The molecule has 3 heteroatoms. The molecule has 30 heavy (non-hydrogen) atoms. The highest BCUT2D eigenvalue weighted by molar-refractivity contribution is 5.13. The largest absolute Gasteiger partial charge is 0.347 e. The zero-order chi connectivity index (χ0) is 20.5. The van der Waals surface area contributed by atoms with Gasteiger partial charge in [0, 0.05) is 18.4 Å². The molecule has 1 aromatic rings. The van der Waals surface area contributed by atoms with Gasteiger partial charge in [-0.1, -0.05) is 75.3 Å². The van der Waals surface area contributed by atoms with Crippen molar-refractivity contribution in [1.82, 2.24) is 0 Å². The van der Waals surface area contributed by atoms with Crippen LogP contribution in [0.1, 0.15) is 95.5 Å². The predicted octanol–water partition coefficient (Wildman–Crippen LogP) is 6.60. The molecule has 1 spiro atoms. The van der Waals surface area contributed by atoms with Gasteiger partial charge >= 0.3 is 0 Å². The Kier molecular flexibility index (Phi) is 8.26. The molecule has 0 amide bonds. The van der Waals surface area contributed by atoms with Gasteiger partial charge < -0.3 is 14.0 Å². The van der Waals surface area contributed by atoms with Crippen molar-refractivity contribution in [3.63, 3.8) is 0 Å². The van der Waals surface area contributed by atoms with Crippen LogP contribution in [-0.2, 0) is 16.0 Å². The molecule has 4 rings (SSSR count). The molecule has 0 radical (unpaired) electrons. The normalized spacial score (nSPS) is 27.9. The lowest BCUT2D eigenvalue weighted by Crippen LogP contribution is -2.55. The van der Waals surface area contributed by atoms with E-state index in [0.717, 1.165) is 32.5 Å². The van der Waals surface area contributed by atoms with Crippen LogP contribution in [0.5, 0.6) is 0 Å². The fourth-order valence-corrected chi connectivity index (χ4v) is 6.11. The first-order valence-electron chi connectivity index (χ1n) is 13.0. The molecule has 3 aliphatic rings. The summed E-state index contributed by atoms with van der Waals surface area (Å²) >= 11 is 0. The first-order valence-corrected chi connectivity index (χ1v) is 13.0. The van der Waals surface area contributed by atoms with Gasteiger partial charge in [-0.05, 0) is 32.1 Å². The third-order valence-electron chi connectivity index (χ3n) is 7.75. The Bertz CT molecular complexity index is 599. The van der Waals surface area contributed by atoms with Crippen LogP contribution >= 0.6 is 0 Å². The van der Waals surface area contributed by atoms with Crippen LogP contribution in [-0.4, -0.2) is 42.6 Å². The standard InChI is InChI=1S/C27H44NO2/c1-2-4-6-12-18-27(19-13-7-5-3-1)29-24-26(30-27)23-28(20-14-9-15-21-28)22-25-16-10-8-11-17-25/h8,10-11,16-17,26H,1-7,9,12-15,18-24H2/q+1/t26-/m0/s1. The van der Waals surface area contributed by atoms with Crippen molar-refractivity contribution in [2.24, 2.45) is 0 Å². The molecule has 0 bridgehead atoms. The third-order valence-corrected chi connectivity index (χ3v) is 7.75. The Morgan fingerprint density at radius 2 is 1.30 bits per heavy atom. The van der Waals surface area contributed by atoms with Crippen molar-refractivity contribution in [3.05, 3.63) is 35.9 Å². The van der Waals surface area contributed by atoms with Gasteiger partial charge in [-0.2, -0.15) is 0 Å². The topological polar surface area (TPSA) is 18.5 Å². The predicted molar refractivity (Wildman–Crippen MR) is 123 cm³/mol. The average molecular weight is 415 g/mol. The van der Waals surface area contributed by atoms with Gasteiger partial charge in [0.2, 0.25) is 0 Å². The number of quaternary nitrogens is 1. The number of hydrogen-bond acceptors (Lipinski definition) is 2. The monoisotopic (exact) mass is 414 g/mol. The molecule has 1 atom stereocenters. The minimum atomic E-state index is -0.281. The van der Waals surface area contributed by atoms with Crippen LogP contribution < -0.4 is 0 Å². The Morgan fingerprint density at radius 1 is 0.733 bits per heavy atom. The van der Waals surface area contributed by atoms with E-state index < -0.39 is 0 Å². The molecular weight excluding hydrogens is 370 g/mol. The molecule has 3 nitrogen and oxygen atoms in total. The van der Waals surface area contributed by atoms with Crippen molar-refractivity contribution in [2.75, 3.05) is 26.2 Å². The molecule has 168 valence electrons. The molecule has 0 unspecified atom stereocenters. The third kappa shape index (κ3) is 6.31. The lowest BCUT2D eigenvalue weighted by Gasteiger charge is -2.43.